The van der Waals surface area contributed by atoms with E-state index in [1.54, 1.807) is 0 Å². The van der Waals surface area contributed by atoms with Crippen LogP contribution in [0.5, 0.6) is 0 Å². The van der Waals surface area contributed by atoms with Gasteiger partial charge in [-0.05, 0) is 0 Å². The molecule has 0 aliphatic carbocycles. The first-order valence-electron chi connectivity index (χ1n) is 1.76. The van der Waals surface area contributed by atoms with Gasteiger partial charge in [0.2, 0.25) is 0 Å². The molecule has 0 heterocycles. The summed E-state index contributed by atoms with van der Waals surface area (Å²) in [7, 11) is -9.33. The number of nitrogens with two attached hydrogens (primary N) is 2. The molecule has 0 atom stereocenters. The van der Waals surface area contributed by atoms with Crippen molar-refractivity contribution in [2.75, 3.05) is 0 Å². The van der Waals surface area contributed by atoms with Crippen molar-refractivity contribution >= 4 is 20.8 Å². The fraction of sp³-hybridized carbons (Fsp3) is 0. The third kappa shape index (κ3) is 12600. The monoisotopic (exact) mass is 334 g/mol. The Balaban J connectivity index is -0.000000120. The Labute approximate surface area is 83.2 Å². The predicted molar refractivity (Wildman–Crippen MR) is 36.7 cm³/mol. The molecular formula is H8N2O8PdS2. The van der Waals surface area contributed by atoms with Gasteiger partial charge in [-0.1, -0.05) is 0 Å². The third-order valence-electron chi connectivity index (χ3n) is 0. The van der Waals surface area contributed by atoms with Gasteiger partial charge < -0.3 is 0 Å². The SMILES string of the molecule is O=S(=O)(O)O.O=S(=O)(O)O.[NH2][Pd][NH2]. The molecule has 0 aromatic carbocycles. The summed E-state index contributed by atoms with van der Waals surface area (Å²) < 4.78 is 72.5. The number of hydrogen-bond acceptors (Lipinski definition) is 6. The topological polar surface area (TPSA) is 201 Å². The van der Waals surface area contributed by atoms with Crippen molar-refractivity contribution in [3.05, 3.63) is 0 Å². The third-order valence-corrected chi connectivity index (χ3v) is 0. The molecule has 13 heteroatoms. The fourth-order valence-corrected chi connectivity index (χ4v) is 0. The molecule has 0 saturated heterocycles. The molecule has 88 valence electrons. The van der Waals surface area contributed by atoms with E-state index in [0.29, 0.717) is 0 Å². The summed E-state index contributed by atoms with van der Waals surface area (Å²) in [5, 5.41) is 0. The number of hydrogen-bond donors (Lipinski definition) is 6. The van der Waals surface area contributed by atoms with E-state index in [0.717, 1.165) is 0 Å². The van der Waals surface area contributed by atoms with E-state index >= 15 is 0 Å². The molecule has 0 aromatic heterocycles. The van der Waals surface area contributed by atoms with Crippen molar-refractivity contribution in [2.45, 2.75) is 0 Å². The molecule has 0 aromatic rings. The van der Waals surface area contributed by atoms with Gasteiger partial charge in [-0.15, -0.1) is 0 Å². The van der Waals surface area contributed by atoms with Gasteiger partial charge in [0.15, 0.2) is 0 Å². The zero-order valence-electron chi connectivity index (χ0n) is 5.71. The van der Waals surface area contributed by atoms with Crippen LogP contribution >= 0.6 is 0 Å². The van der Waals surface area contributed by atoms with Gasteiger partial charge in [0.05, 0.1) is 0 Å². The van der Waals surface area contributed by atoms with Gasteiger partial charge in [-0.2, -0.15) is 16.8 Å². The Bertz CT molecular complexity index is 229. The van der Waals surface area contributed by atoms with E-state index in [9.17, 15) is 0 Å². The van der Waals surface area contributed by atoms with Crippen LogP contribution in [0.4, 0.5) is 0 Å². The van der Waals surface area contributed by atoms with Crippen LogP contribution in [-0.2, 0) is 39.3 Å². The van der Waals surface area contributed by atoms with Crippen LogP contribution in [0.15, 0.2) is 0 Å². The van der Waals surface area contributed by atoms with Gasteiger partial charge in [0.1, 0.15) is 0 Å². The quantitative estimate of drug-likeness (QED) is 0.203. The van der Waals surface area contributed by atoms with E-state index in [2.05, 4.69) is 8.73 Å². The molecule has 0 rings (SSSR count). The molecule has 0 unspecified atom stereocenters. The van der Waals surface area contributed by atoms with Crippen molar-refractivity contribution in [1.29, 1.82) is 0 Å². The van der Waals surface area contributed by atoms with Gasteiger partial charge >= 0.3 is 48.0 Å². The van der Waals surface area contributed by atoms with Gasteiger partial charge in [-0.3, -0.25) is 18.2 Å². The molecular weight excluding hydrogens is 327 g/mol. The summed E-state index contributed by atoms with van der Waals surface area (Å²) in [6.45, 7) is 0. The summed E-state index contributed by atoms with van der Waals surface area (Å²) in [5.41, 5.74) is 0. The normalized spacial score (nSPS) is 10.6. The molecule has 0 aliphatic heterocycles. The Morgan fingerprint density at radius 1 is 0.769 bits per heavy atom. The van der Waals surface area contributed by atoms with E-state index in [4.69, 9.17) is 35.0 Å². The number of rotatable bonds is 0. The van der Waals surface area contributed by atoms with Gasteiger partial charge in [0, 0.05) is 0 Å². The van der Waals surface area contributed by atoms with Crippen molar-refractivity contribution in [3.63, 3.8) is 0 Å². The molecule has 10 nitrogen and oxygen atoms in total. The summed E-state index contributed by atoms with van der Waals surface area (Å²) in [6, 6.07) is 0. The second-order valence-corrected chi connectivity index (χ2v) is 3.31. The second-order valence-electron chi connectivity index (χ2n) is 1.00. The fourth-order valence-electron chi connectivity index (χ4n) is 0. The molecule has 0 saturated carbocycles. The maximum absolute atomic E-state index is 8.74. The van der Waals surface area contributed by atoms with Crippen LogP contribution in [0.1, 0.15) is 0 Å². The predicted octanol–water partition coefficient (Wildman–Crippen LogP) is -2.49. The summed E-state index contributed by atoms with van der Waals surface area (Å²) >= 11 is -0.0500. The second kappa shape index (κ2) is 8.90. The molecule has 0 spiro atoms. The molecule has 0 aliphatic rings. The van der Waals surface area contributed by atoms with Crippen LogP contribution in [0.2, 0.25) is 0 Å². The van der Waals surface area contributed by atoms with Crippen LogP contribution < -0.4 is 8.73 Å². The first-order chi connectivity index (χ1) is 5.41. The van der Waals surface area contributed by atoms with Crippen LogP contribution in [0.3, 0.4) is 0 Å². The first kappa shape index (κ1) is 19.0. The Kier molecular flexibility index (Phi) is 13.0. The minimum absolute atomic E-state index is 0.0500. The Morgan fingerprint density at radius 3 is 0.769 bits per heavy atom. The van der Waals surface area contributed by atoms with Crippen LogP contribution in [0, 0.1) is 0 Å². The van der Waals surface area contributed by atoms with Crippen molar-refractivity contribution in [1.82, 2.24) is 0 Å². The van der Waals surface area contributed by atoms with E-state index in [1.165, 1.54) is 0 Å². The van der Waals surface area contributed by atoms with E-state index < -0.39 is 20.8 Å². The Hall–Kier alpha value is 0.322. The molecule has 0 bridgehead atoms. The van der Waals surface area contributed by atoms with E-state index in [-0.39, 0.29) is 18.5 Å². The average molecular weight is 335 g/mol. The van der Waals surface area contributed by atoms with Crippen molar-refractivity contribution in [3.8, 4) is 0 Å². The standard InChI is InChI=1S/2H2N.2H2O4S.Pd/c;;2*1-5(2,3)4;/h2*1H2;2*(H2,1,2,3,4);/q2*-1;;;+2. The van der Waals surface area contributed by atoms with Crippen molar-refractivity contribution in [2.24, 2.45) is 8.73 Å². The average Bonchev–Trinajstić information content (AvgIpc) is 1.52. The molecule has 0 amide bonds. The molecule has 8 N–H and O–H groups in total. The van der Waals surface area contributed by atoms with Gasteiger partial charge in [0.25, 0.3) is 0 Å². The zero-order valence-corrected chi connectivity index (χ0v) is 8.90. The molecule has 0 fully saturated rings. The Morgan fingerprint density at radius 2 is 0.769 bits per heavy atom. The van der Waals surface area contributed by atoms with Gasteiger partial charge in [-0.25, -0.2) is 0 Å². The van der Waals surface area contributed by atoms with E-state index in [1.807, 2.05) is 0 Å². The zero-order chi connectivity index (χ0) is 11.7. The maximum atomic E-state index is 8.74. The molecule has 0 radical (unpaired) electrons. The van der Waals surface area contributed by atoms with Crippen LogP contribution in [0.25, 0.3) is 0 Å². The first-order valence-corrected chi connectivity index (χ1v) is 6.35. The molecule has 13 heavy (non-hydrogen) atoms. The summed E-state index contributed by atoms with van der Waals surface area (Å²) in [5.74, 6) is 0. The van der Waals surface area contributed by atoms with Crippen molar-refractivity contribution < 1.29 is 53.5 Å². The minimum atomic E-state index is -4.67. The van der Waals surface area contributed by atoms with Crippen LogP contribution in [-0.4, -0.2) is 35.0 Å². The summed E-state index contributed by atoms with van der Waals surface area (Å²) in [4.78, 5) is 0. The summed E-state index contributed by atoms with van der Waals surface area (Å²) in [6.07, 6.45) is 0.